The quantitative estimate of drug-likeness (QED) is 0.659. The molecule has 0 spiro atoms. The maximum absolute atomic E-state index is 11.9. The lowest BCUT2D eigenvalue weighted by atomic mass is 10.1. The maximum atomic E-state index is 11.9. The number of hydrogen-bond acceptors (Lipinski definition) is 3. The van der Waals surface area contributed by atoms with Crippen molar-refractivity contribution in [2.75, 3.05) is 11.9 Å². The van der Waals surface area contributed by atoms with Gasteiger partial charge in [-0.1, -0.05) is 0 Å². The Labute approximate surface area is 129 Å². The molecule has 1 saturated heterocycles. The van der Waals surface area contributed by atoms with Gasteiger partial charge in [0.2, 0.25) is 5.91 Å². The van der Waals surface area contributed by atoms with Crippen molar-refractivity contribution in [1.29, 1.82) is 0 Å². The Kier molecular flexibility index (Phi) is 4.79. The summed E-state index contributed by atoms with van der Waals surface area (Å²) in [6, 6.07) is 3.78. The van der Waals surface area contributed by atoms with E-state index in [0.29, 0.717) is 29.5 Å². The van der Waals surface area contributed by atoms with E-state index in [0.717, 1.165) is 0 Å². The molecular formula is C13H14BrN3O4. The molecule has 1 heterocycles. The third kappa shape index (κ3) is 4.19. The van der Waals surface area contributed by atoms with Gasteiger partial charge in [-0.3, -0.25) is 4.79 Å². The molecule has 0 bridgehead atoms. The van der Waals surface area contributed by atoms with Crippen LogP contribution in [0.15, 0.2) is 22.7 Å². The SMILES string of the molecule is O=C1CCC(NC(=O)Nc2cc(C(=O)O)ccc2Br)CN1. The van der Waals surface area contributed by atoms with Crippen LogP contribution in [-0.4, -0.2) is 35.6 Å². The molecule has 0 saturated carbocycles. The van der Waals surface area contributed by atoms with E-state index >= 15 is 0 Å². The summed E-state index contributed by atoms with van der Waals surface area (Å²) in [6.45, 7) is 0.391. The smallest absolute Gasteiger partial charge is 0.335 e. The lowest BCUT2D eigenvalue weighted by molar-refractivity contribution is -0.122. The van der Waals surface area contributed by atoms with E-state index in [9.17, 15) is 14.4 Å². The van der Waals surface area contributed by atoms with Crippen LogP contribution < -0.4 is 16.0 Å². The van der Waals surface area contributed by atoms with Gasteiger partial charge >= 0.3 is 12.0 Å². The van der Waals surface area contributed by atoms with Crippen molar-refractivity contribution in [2.45, 2.75) is 18.9 Å². The van der Waals surface area contributed by atoms with E-state index < -0.39 is 12.0 Å². The number of nitrogens with one attached hydrogen (secondary N) is 3. The van der Waals surface area contributed by atoms with Crippen LogP contribution in [0.5, 0.6) is 0 Å². The Morgan fingerprint density at radius 3 is 2.76 bits per heavy atom. The second kappa shape index (κ2) is 6.57. The molecule has 4 N–H and O–H groups in total. The van der Waals surface area contributed by atoms with Gasteiger partial charge in [0.15, 0.2) is 0 Å². The predicted octanol–water partition coefficient (Wildman–Crippen LogP) is 1.55. The van der Waals surface area contributed by atoms with Crippen LogP contribution in [0, 0.1) is 0 Å². The van der Waals surface area contributed by atoms with Crippen LogP contribution in [0.3, 0.4) is 0 Å². The second-order valence-electron chi connectivity index (χ2n) is 4.64. The van der Waals surface area contributed by atoms with Crippen molar-refractivity contribution in [3.63, 3.8) is 0 Å². The number of anilines is 1. The Bertz CT molecular complexity index is 581. The summed E-state index contributed by atoms with van der Waals surface area (Å²) >= 11 is 3.25. The molecule has 0 aromatic heterocycles. The molecule has 1 aromatic rings. The first-order valence-corrected chi connectivity index (χ1v) is 7.12. The van der Waals surface area contributed by atoms with E-state index in [1.54, 1.807) is 6.07 Å². The number of carbonyl (C=O) groups excluding carboxylic acids is 2. The maximum Gasteiger partial charge on any atom is 0.335 e. The third-order valence-corrected chi connectivity index (χ3v) is 3.75. The first kappa shape index (κ1) is 15.3. The largest absolute Gasteiger partial charge is 0.478 e. The molecule has 1 atom stereocenters. The van der Waals surface area contributed by atoms with Crippen LogP contribution in [0.25, 0.3) is 0 Å². The van der Waals surface area contributed by atoms with Gasteiger partial charge in [-0.05, 0) is 40.5 Å². The second-order valence-corrected chi connectivity index (χ2v) is 5.49. The van der Waals surface area contributed by atoms with Crippen LogP contribution >= 0.6 is 15.9 Å². The lowest BCUT2D eigenvalue weighted by Crippen LogP contribution is -2.48. The Balaban J connectivity index is 1.97. The minimum absolute atomic E-state index is 0.0228. The molecule has 1 fully saturated rings. The van der Waals surface area contributed by atoms with E-state index in [1.165, 1.54) is 12.1 Å². The molecule has 2 rings (SSSR count). The van der Waals surface area contributed by atoms with Gasteiger partial charge in [-0.15, -0.1) is 0 Å². The van der Waals surface area contributed by atoms with Crippen molar-refractivity contribution in [2.24, 2.45) is 0 Å². The topological polar surface area (TPSA) is 108 Å². The predicted molar refractivity (Wildman–Crippen MR) is 79.3 cm³/mol. The highest BCUT2D eigenvalue weighted by Crippen LogP contribution is 2.23. The van der Waals surface area contributed by atoms with E-state index in [2.05, 4.69) is 31.9 Å². The van der Waals surface area contributed by atoms with Gasteiger partial charge < -0.3 is 21.1 Å². The van der Waals surface area contributed by atoms with Gasteiger partial charge in [0.05, 0.1) is 11.3 Å². The number of rotatable bonds is 3. The molecule has 1 unspecified atom stereocenters. The Morgan fingerprint density at radius 2 is 2.14 bits per heavy atom. The zero-order chi connectivity index (χ0) is 15.4. The molecule has 0 radical (unpaired) electrons. The first-order valence-electron chi connectivity index (χ1n) is 6.33. The number of amides is 3. The molecule has 1 aliphatic heterocycles. The minimum atomic E-state index is -1.07. The summed E-state index contributed by atoms with van der Waals surface area (Å²) in [5, 5.41) is 16.9. The highest BCUT2D eigenvalue weighted by Gasteiger charge is 2.20. The number of aromatic carboxylic acids is 1. The molecule has 1 aromatic carbocycles. The summed E-state index contributed by atoms with van der Waals surface area (Å²) in [5.74, 6) is -1.09. The normalized spacial score (nSPS) is 17.8. The minimum Gasteiger partial charge on any atom is -0.478 e. The summed E-state index contributed by atoms with van der Waals surface area (Å²) in [7, 11) is 0. The van der Waals surface area contributed by atoms with Crippen molar-refractivity contribution in [1.82, 2.24) is 10.6 Å². The highest BCUT2D eigenvalue weighted by atomic mass is 79.9. The molecule has 21 heavy (non-hydrogen) atoms. The first-order chi connectivity index (χ1) is 9.95. The fourth-order valence-electron chi connectivity index (χ4n) is 1.95. The number of hydrogen-bond donors (Lipinski definition) is 4. The van der Waals surface area contributed by atoms with Gasteiger partial charge in [0.1, 0.15) is 0 Å². The summed E-state index contributed by atoms with van der Waals surface area (Å²) in [6.07, 6.45) is 0.957. The average Bonchev–Trinajstić information content (AvgIpc) is 2.43. The van der Waals surface area contributed by atoms with Crippen molar-refractivity contribution < 1.29 is 19.5 Å². The van der Waals surface area contributed by atoms with E-state index in [1.807, 2.05) is 0 Å². The lowest BCUT2D eigenvalue weighted by Gasteiger charge is -2.23. The Hall–Kier alpha value is -2.09. The fraction of sp³-hybridized carbons (Fsp3) is 0.308. The molecule has 0 aliphatic carbocycles. The van der Waals surface area contributed by atoms with Crippen molar-refractivity contribution in [3.8, 4) is 0 Å². The molecule has 8 heteroatoms. The van der Waals surface area contributed by atoms with Crippen molar-refractivity contribution in [3.05, 3.63) is 28.2 Å². The van der Waals surface area contributed by atoms with Crippen LogP contribution in [0.4, 0.5) is 10.5 Å². The molecule has 3 amide bonds. The number of urea groups is 1. The van der Waals surface area contributed by atoms with Gasteiger partial charge in [0, 0.05) is 23.5 Å². The fourth-order valence-corrected chi connectivity index (χ4v) is 2.30. The number of halogens is 1. The molecular weight excluding hydrogens is 342 g/mol. The average molecular weight is 356 g/mol. The van der Waals surface area contributed by atoms with Crippen LogP contribution in [0.2, 0.25) is 0 Å². The third-order valence-electron chi connectivity index (χ3n) is 3.06. The van der Waals surface area contributed by atoms with Gasteiger partial charge in [-0.25, -0.2) is 9.59 Å². The zero-order valence-electron chi connectivity index (χ0n) is 11.0. The summed E-state index contributed by atoms with van der Waals surface area (Å²) in [5.41, 5.74) is 0.450. The molecule has 112 valence electrons. The monoisotopic (exact) mass is 355 g/mol. The number of carboxylic acids is 1. The van der Waals surface area contributed by atoms with E-state index in [-0.39, 0.29) is 17.5 Å². The zero-order valence-corrected chi connectivity index (χ0v) is 12.6. The molecule has 1 aliphatic rings. The van der Waals surface area contributed by atoms with Gasteiger partial charge in [-0.2, -0.15) is 0 Å². The van der Waals surface area contributed by atoms with Crippen LogP contribution in [0.1, 0.15) is 23.2 Å². The van der Waals surface area contributed by atoms with E-state index in [4.69, 9.17) is 5.11 Å². The number of carboxylic acid groups (broad SMARTS) is 1. The number of benzene rings is 1. The highest BCUT2D eigenvalue weighted by molar-refractivity contribution is 9.10. The van der Waals surface area contributed by atoms with Crippen LogP contribution in [-0.2, 0) is 4.79 Å². The number of piperidine rings is 1. The van der Waals surface area contributed by atoms with Crippen molar-refractivity contribution >= 4 is 39.5 Å². The summed E-state index contributed by atoms with van der Waals surface area (Å²) < 4.78 is 0.583. The standard InChI is InChI=1S/C13H14BrN3O4/c14-9-3-1-7(12(19)20)5-10(9)17-13(21)16-8-2-4-11(18)15-6-8/h1,3,5,8H,2,4,6H2,(H,15,18)(H,19,20)(H2,16,17,21). The molecule has 7 nitrogen and oxygen atoms in total. The van der Waals surface area contributed by atoms with Gasteiger partial charge in [0.25, 0.3) is 0 Å². The number of carbonyl (C=O) groups is 3. The Morgan fingerprint density at radius 1 is 1.38 bits per heavy atom. The summed E-state index contributed by atoms with van der Waals surface area (Å²) in [4.78, 5) is 33.8.